The fourth-order valence-electron chi connectivity index (χ4n) is 3.84. The molecule has 0 amide bonds. The largest absolute Gasteiger partial charge is 0.313 e. The molecule has 0 aromatic rings. The predicted molar refractivity (Wildman–Crippen MR) is 83.5 cm³/mol. The standard InChI is InChI=1S/C17H34N2/c1-17(2)11-6-7-15(10-12-17)18-13-14-19(3)16-8-4-5-9-16/h15-16,18H,4-14H2,1-3H3. The van der Waals surface area contributed by atoms with Gasteiger partial charge in [0, 0.05) is 25.2 Å². The van der Waals surface area contributed by atoms with E-state index in [4.69, 9.17) is 0 Å². The van der Waals surface area contributed by atoms with Crippen molar-refractivity contribution in [1.29, 1.82) is 0 Å². The lowest BCUT2D eigenvalue weighted by molar-refractivity contribution is 0.240. The molecule has 2 heteroatoms. The lowest BCUT2D eigenvalue weighted by atomic mass is 9.85. The monoisotopic (exact) mass is 266 g/mol. The lowest BCUT2D eigenvalue weighted by Crippen LogP contribution is -2.39. The predicted octanol–water partition coefficient (Wildman–Crippen LogP) is 3.81. The fourth-order valence-corrected chi connectivity index (χ4v) is 3.84. The fraction of sp³-hybridized carbons (Fsp3) is 1.00. The third-order valence-corrected chi connectivity index (χ3v) is 5.42. The summed E-state index contributed by atoms with van der Waals surface area (Å²) >= 11 is 0. The van der Waals surface area contributed by atoms with Crippen molar-refractivity contribution in [3.8, 4) is 0 Å². The minimum Gasteiger partial charge on any atom is -0.313 e. The summed E-state index contributed by atoms with van der Waals surface area (Å²) in [4.78, 5) is 2.58. The van der Waals surface area contributed by atoms with Crippen molar-refractivity contribution in [2.24, 2.45) is 5.41 Å². The van der Waals surface area contributed by atoms with Gasteiger partial charge in [0.2, 0.25) is 0 Å². The van der Waals surface area contributed by atoms with Crippen LogP contribution in [0.5, 0.6) is 0 Å². The van der Waals surface area contributed by atoms with Crippen molar-refractivity contribution in [2.75, 3.05) is 20.1 Å². The Morgan fingerprint density at radius 1 is 1.00 bits per heavy atom. The Hall–Kier alpha value is -0.0800. The SMILES string of the molecule is CN(CCNC1CCCC(C)(C)CC1)C1CCCC1. The summed E-state index contributed by atoms with van der Waals surface area (Å²) in [6, 6.07) is 1.65. The highest BCUT2D eigenvalue weighted by Crippen LogP contribution is 2.33. The van der Waals surface area contributed by atoms with Gasteiger partial charge in [-0.25, -0.2) is 0 Å². The van der Waals surface area contributed by atoms with E-state index in [2.05, 4.69) is 31.1 Å². The van der Waals surface area contributed by atoms with Crippen LogP contribution in [0.4, 0.5) is 0 Å². The van der Waals surface area contributed by atoms with Crippen LogP contribution in [-0.4, -0.2) is 37.1 Å². The maximum absolute atomic E-state index is 3.81. The maximum atomic E-state index is 3.81. The molecular formula is C17H34N2. The first-order valence-corrected chi connectivity index (χ1v) is 8.50. The van der Waals surface area contributed by atoms with Crippen LogP contribution < -0.4 is 5.32 Å². The van der Waals surface area contributed by atoms with Gasteiger partial charge in [0.1, 0.15) is 0 Å². The van der Waals surface area contributed by atoms with E-state index in [1.807, 2.05) is 0 Å². The van der Waals surface area contributed by atoms with Gasteiger partial charge in [0.25, 0.3) is 0 Å². The molecule has 2 aliphatic rings. The van der Waals surface area contributed by atoms with Crippen molar-refractivity contribution >= 4 is 0 Å². The molecule has 2 saturated carbocycles. The van der Waals surface area contributed by atoms with E-state index in [9.17, 15) is 0 Å². The quantitative estimate of drug-likeness (QED) is 0.761. The Morgan fingerprint density at radius 3 is 2.47 bits per heavy atom. The highest BCUT2D eigenvalue weighted by atomic mass is 15.1. The van der Waals surface area contributed by atoms with Crippen LogP contribution in [0, 0.1) is 5.41 Å². The summed E-state index contributed by atoms with van der Waals surface area (Å²) < 4.78 is 0. The topological polar surface area (TPSA) is 15.3 Å². The Morgan fingerprint density at radius 2 is 1.74 bits per heavy atom. The molecule has 0 aliphatic heterocycles. The summed E-state index contributed by atoms with van der Waals surface area (Å²) in [5.74, 6) is 0. The Kier molecular flexibility index (Phi) is 5.70. The van der Waals surface area contributed by atoms with E-state index in [-0.39, 0.29) is 0 Å². The number of nitrogens with zero attached hydrogens (tertiary/aromatic N) is 1. The highest BCUT2D eigenvalue weighted by molar-refractivity contribution is 4.80. The molecule has 0 bridgehead atoms. The first-order valence-electron chi connectivity index (χ1n) is 8.50. The van der Waals surface area contributed by atoms with E-state index < -0.39 is 0 Å². The maximum Gasteiger partial charge on any atom is 0.0107 e. The number of likely N-dealkylation sites (N-methyl/N-ethyl adjacent to an activating group) is 1. The molecule has 1 atom stereocenters. The van der Waals surface area contributed by atoms with E-state index in [0.29, 0.717) is 5.41 Å². The molecule has 2 aliphatic carbocycles. The molecule has 0 heterocycles. The molecule has 2 rings (SSSR count). The molecule has 112 valence electrons. The number of hydrogen-bond donors (Lipinski definition) is 1. The van der Waals surface area contributed by atoms with E-state index in [1.165, 1.54) is 70.9 Å². The van der Waals surface area contributed by atoms with Gasteiger partial charge in [-0.1, -0.05) is 33.1 Å². The van der Waals surface area contributed by atoms with Gasteiger partial charge in [0.15, 0.2) is 0 Å². The van der Waals surface area contributed by atoms with Crippen LogP contribution in [0.25, 0.3) is 0 Å². The van der Waals surface area contributed by atoms with Gasteiger partial charge in [-0.15, -0.1) is 0 Å². The van der Waals surface area contributed by atoms with Crippen molar-refractivity contribution in [3.63, 3.8) is 0 Å². The van der Waals surface area contributed by atoms with E-state index >= 15 is 0 Å². The minimum atomic E-state index is 0.580. The van der Waals surface area contributed by atoms with E-state index in [0.717, 1.165) is 12.1 Å². The second kappa shape index (κ2) is 7.08. The highest BCUT2D eigenvalue weighted by Gasteiger charge is 2.24. The van der Waals surface area contributed by atoms with Crippen LogP contribution in [-0.2, 0) is 0 Å². The molecule has 1 unspecified atom stereocenters. The Balaban J connectivity index is 1.62. The van der Waals surface area contributed by atoms with Crippen LogP contribution in [0.3, 0.4) is 0 Å². The molecular weight excluding hydrogens is 232 g/mol. The summed E-state index contributed by atoms with van der Waals surface area (Å²) in [6.07, 6.45) is 12.7. The third-order valence-electron chi connectivity index (χ3n) is 5.42. The number of rotatable bonds is 5. The van der Waals surface area contributed by atoms with Crippen molar-refractivity contribution in [2.45, 2.75) is 83.7 Å². The zero-order chi connectivity index (χ0) is 13.7. The Bertz CT molecular complexity index is 256. The van der Waals surface area contributed by atoms with Crippen molar-refractivity contribution in [3.05, 3.63) is 0 Å². The molecule has 19 heavy (non-hydrogen) atoms. The van der Waals surface area contributed by atoms with Crippen molar-refractivity contribution in [1.82, 2.24) is 10.2 Å². The third kappa shape index (κ3) is 5.07. The first-order chi connectivity index (χ1) is 9.07. The summed E-state index contributed by atoms with van der Waals surface area (Å²) in [7, 11) is 2.31. The molecule has 0 aromatic heterocycles. The summed E-state index contributed by atoms with van der Waals surface area (Å²) in [5, 5.41) is 3.81. The molecule has 0 saturated heterocycles. The van der Waals surface area contributed by atoms with Crippen molar-refractivity contribution < 1.29 is 0 Å². The smallest absolute Gasteiger partial charge is 0.0107 e. The van der Waals surface area contributed by atoms with Crippen LogP contribution in [0.2, 0.25) is 0 Å². The average Bonchev–Trinajstić information content (AvgIpc) is 2.83. The number of hydrogen-bond acceptors (Lipinski definition) is 2. The summed E-state index contributed by atoms with van der Waals surface area (Å²) in [5.41, 5.74) is 0.580. The van der Waals surface area contributed by atoms with Gasteiger partial charge >= 0.3 is 0 Å². The van der Waals surface area contributed by atoms with Gasteiger partial charge in [-0.3, -0.25) is 0 Å². The minimum absolute atomic E-state index is 0.580. The van der Waals surface area contributed by atoms with Crippen LogP contribution in [0.1, 0.15) is 71.6 Å². The molecule has 0 radical (unpaired) electrons. The van der Waals surface area contributed by atoms with Gasteiger partial charge in [-0.2, -0.15) is 0 Å². The second-order valence-corrected chi connectivity index (χ2v) is 7.67. The first kappa shape index (κ1) is 15.3. The molecule has 2 nitrogen and oxygen atoms in total. The van der Waals surface area contributed by atoms with Gasteiger partial charge in [0.05, 0.1) is 0 Å². The normalized spacial score (nSPS) is 28.7. The second-order valence-electron chi connectivity index (χ2n) is 7.67. The summed E-state index contributed by atoms with van der Waals surface area (Å²) in [6.45, 7) is 7.27. The molecule has 0 aromatic carbocycles. The molecule has 2 fully saturated rings. The van der Waals surface area contributed by atoms with E-state index in [1.54, 1.807) is 0 Å². The van der Waals surface area contributed by atoms with Gasteiger partial charge in [-0.05, 0) is 51.0 Å². The molecule has 0 spiro atoms. The lowest BCUT2D eigenvalue weighted by Gasteiger charge is -2.26. The zero-order valence-electron chi connectivity index (χ0n) is 13.4. The average molecular weight is 266 g/mol. The molecule has 1 N–H and O–H groups in total. The zero-order valence-corrected chi connectivity index (χ0v) is 13.4. The number of nitrogens with one attached hydrogen (secondary N) is 1. The Labute approximate surface area is 120 Å². The van der Waals surface area contributed by atoms with Gasteiger partial charge < -0.3 is 10.2 Å². The van der Waals surface area contributed by atoms with Crippen LogP contribution >= 0.6 is 0 Å². The van der Waals surface area contributed by atoms with Crippen LogP contribution in [0.15, 0.2) is 0 Å².